The molecule has 3 rings (SSSR count). The molecule has 0 aliphatic carbocycles. The molecule has 20 heavy (non-hydrogen) atoms. The first-order valence-corrected chi connectivity index (χ1v) is 6.86. The first-order chi connectivity index (χ1) is 9.70. The van der Waals surface area contributed by atoms with Crippen molar-refractivity contribution in [1.29, 1.82) is 0 Å². The van der Waals surface area contributed by atoms with E-state index in [1.54, 1.807) is 18.5 Å². The van der Waals surface area contributed by atoms with Crippen LogP contribution in [0.25, 0.3) is 11.0 Å². The highest BCUT2D eigenvalue weighted by Crippen LogP contribution is 2.26. The zero-order valence-corrected chi connectivity index (χ0v) is 11.7. The lowest BCUT2D eigenvalue weighted by atomic mass is 10.1. The summed E-state index contributed by atoms with van der Waals surface area (Å²) < 4.78 is 15.4. The van der Waals surface area contributed by atoms with Crippen LogP contribution in [0.15, 0.2) is 42.7 Å². The van der Waals surface area contributed by atoms with Crippen molar-refractivity contribution in [2.24, 2.45) is 0 Å². The van der Waals surface area contributed by atoms with Crippen LogP contribution in [0.5, 0.6) is 0 Å². The summed E-state index contributed by atoms with van der Waals surface area (Å²) in [5, 5.41) is 0. The number of hydrogen-bond acceptors (Lipinski definition) is 2. The van der Waals surface area contributed by atoms with E-state index in [2.05, 4.69) is 9.97 Å². The van der Waals surface area contributed by atoms with E-state index in [1.807, 2.05) is 23.6 Å². The number of nitrogens with zero attached hydrogens (tertiary/aromatic N) is 3. The monoisotopic (exact) mass is 289 g/mol. The summed E-state index contributed by atoms with van der Waals surface area (Å²) in [6.45, 7) is 2.01. The van der Waals surface area contributed by atoms with Gasteiger partial charge in [0.25, 0.3) is 0 Å². The zero-order valence-electron chi connectivity index (χ0n) is 10.9. The van der Waals surface area contributed by atoms with E-state index < -0.39 is 0 Å². The molecule has 0 amide bonds. The largest absolute Gasteiger partial charge is 0.320 e. The molecule has 0 aliphatic rings. The lowest BCUT2D eigenvalue weighted by molar-refractivity contribution is 0.603. The van der Waals surface area contributed by atoms with Crippen LogP contribution in [0.1, 0.15) is 24.4 Å². The molecule has 2 heterocycles. The van der Waals surface area contributed by atoms with E-state index in [0.29, 0.717) is 5.88 Å². The van der Waals surface area contributed by atoms with Gasteiger partial charge in [-0.3, -0.25) is 4.98 Å². The molecule has 102 valence electrons. The maximum Gasteiger partial charge on any atom is 0.125 e. The van der Waals surface area contributed by atoms with Gasteiger partial charge in [-0.05, 0) is 30.7 Å². The Morgan fingerprint density at radius 3 is 2.95 bits per heavy atom. The molecule has 0 N–H and O–H groups in total. The average molecular weight is 290 g/mol. The van der Waals surface area contributed by atoms with Gasteiger partial charge in [-0.25, -0.2) is 9.37 Å². The molecule has 1 unspecified atom stereocenters. The summed E-state index contributed by atoms with van der Waals surface area (Å²) in [4.78, 5) is 8.54. The lowest BCUT2D eigenvalue weighted by Gasteiger charge is -2.17. The number of hydrogen-bond donors (Lipinski definition) is 0. The minimum Gasteiger partial charge on any atom is -0.320 e. The Kier molecular flexibility index (Phi) is 3.40. The number of fused-ring (bicyclic) bond motifs is 1. The van der Waals surface area contributed by atoms with Gasteiger partial charge in [0.1, 0.15) is 17.2 Å². The minimum absolute atomic E-state index is 0.0492. The first kappa shape index (κ1) is 13.1. The molecule has 0 saturated heterocycles. The molecule has 3 nitrogen and oxygen atoms in total. The molecular weight excluding hydrogens is 277 g/mol. The summed E-state index contributed by atoms with van der Waals surface area (Å²) in [5.74, 6) is 0.813. The molecular formula is C15H13ClFN3. The molecule has 0 fully saturated rings. The van der Waals surface area contributed by atoms with Crippen molar-refractivity contribution < 1.29 is 4.39 Å². The van der Waals surface area contributed by atoms with Gasteiger partial charge >= 0.3 is 0 Å². The molecule has 5 heteroatoms. The Morgan fingerprint density at radius 2 is 2.20 bits per heavy atom. The summed E-state index contributed by atoms with van der Waals surface area (Å²) in [6, 6.07) is 8.44. The fourth-order valence-electron chi connectivity index (χ4n) is 2.44. The van der Waals surface area contributed by atoms with Crippen LogP contribution in [-0.4, -0.2) is 14.5 Å². The third kappa shape index (κ3) is 2.16. The summed E-state index contributed by atoms with van der Waals surface area (Å²) in [7, 11) is 0. The zero-order chi connectivity index (χ0) is 14.1. The van der Waals surface area contributed by atoms with Gasteiger partial charge in [0, 0.05) is 6.20 Å². The number of alkyl halides is 1. The van der Waals surface area contributed by atoms with E-state index in [4.69, 9.17) is 11.6 Å². The van der Waals surface area contributed by atoms with Crippen molar-refractivity contribution in [2.75, 3.05) is 0 Å². The highest BCUT2D eigenvalue weighted by atomic mass is 35.5. The van der Waals surface area contributed by atoms with E-state index in [9.17, 15) is 4.39 Å². The third-order valence-electron chi connectivity index (χ3n) is 3.40. The van der Waals surface area contributed by atoms with Crippen LogP contribution in [0.4, 0.5) is 4.39 Å². The smallest absolute Gasteiger partial charge is 0.125 e. The number of imidazole rings is 1. The molecule has 1 atom stereocenters. The van der Waals surface area contributed by atoms with Crippen molar-refractivity contribution >= 4 is 22.6 Å². The van der Waals surface area contributed by atoms with Crippen molar-refractivity contribution in [2.45, 2.75) is 18.8 Å². The quantitative estimate of drug-likeness (QED) is 0.684. The second-order valence-electron chi connectivity index (χ2n) is 4.63. The third-order valence-corrected chi connectivity index (χ3v) is 3.64. The van der Waals surface area contributed by atoms with Crippen molar-refractivity contribution in [3.63, 3.8) is 0 Å². The van der Waals surface area contributed by atoms with Gasteiger partial charge in [-0.1, -0.05) is 12.1 Å². The van der Waals surface area contributed by atoms with Crippen LogP contribution in [0, 0.1) is 5.82 Å². The fourth-order valence-corrected chi connectivity index (χ4v) is 2.63. The standard InChI is InChI=1S/C15H13ClFN3/c1-10(11-3-2-4-12(17)7-11)20-14-5-6-18-9-13(14)19-15(20)8-16/h2-7,9-10H,8H2,1H3. The van der Waals surface area contributed by atoms with Crippen molar-refractivity contribution in [3.8, 4) is 0 Å². The Bertz CT molecular complexity index is 754. The topological polar surface area (TPSA) is 30.7 Å². The lowest BCUT2D eigenvalue weighted by Crippen LogP contribution is -2.10. The second kappa shape index (κ2) is 5.21. The van der Waals surface area contributed by atoms with Gasteiger partial charge in [-0.15, -0.1) is 11.6 Å². The number of pyridine rings is 1. The van der Waals surface area contributed by atoms with Crippen LogP contribution in [0.3, 0.4) is 0 Å². The number of rotatable bonds is 3. The predicted molar refractivity (Wildman–Crippen MR) is 77.3 cm³/mol. The minimum atomic E-state index is -0.243. The van der Waals surface area contributed by atoms with Crippen molar-refractivity contribution in [1.82, 2.24) is 14.5 Å². The molecule has 0 spiro atoms. The second-order valence-corrected chi connectivity index (χ2v) is 4.89. The number of halogens is 2. The molecule has 0 saturated carbocycles. The van der Waals surface area contributed by atoms with E-state index in [0.717, 1.165) is 22.4 Å². The highest BCUT2D eigenvalue weighted by Gasteiger charge is 2.17. The van der Waals surface area contributed by atoms with Crippen LogP contribution < -0.4 is 0 Å². The number of benzene rings is 1. The van der Waals surface area contributed by atoms with Crippen LogP contribution >= 0.6 is 11.6 Å². The van der Waals surface area contributed by atoms with Crippen LogP contribution in [-0.2, 0) is 5.88 Å². The molecule has 3 aromatic rings. The normalized spacial score (nSPS) is 12.8. The predicted octanol–water partition coefficient (Wildman–Crippen LogP) is 3.92. The Hall–Kier alpha value is -1.94. The SMILES string of the molecule is CC(c1cccc(F)c1)n1c(CCl)nc2cnccc21. The summed E-state index contributed by atoms with van der Waals surface area (Å²) >= 11 is 5.99. The van der Waals surface area contributed by atoms with Gasteiger partial charge in [0.2, 0.25) is 0 Å². The van der Waals surface area contributed by atoms with E-state index in [1.165, 1.54) is 12.1 Å². The van der Waals surface area contributed by atoms with Gasteiger partial charge in [-0.2, -0.15) is 0 Å². The Morgan fingerprint density at radius 1 is 1.35 bits per heavy atom. The highest BCUT2D eigenvalue weighted by molar-refractivity contribution is 6.16. The maximum atomic E-state index is 13.4. The summed E-state index contributed by atoms with van der Waals surface area (Å²) in [5.41, 5.74) is 2.63. The van der Waals surface area contributed by atoms with Gasteiger partial charge in [0.05, 0.1) is 23.6 Å². The van der Waals surface area contributed by atoms with Gasteiger partial charge in [0.15, 0.2) is 0 Å². The molecule has 1 aromatic carbocycles. The maximum absolute atomic E-state index is 13.4. The van der Waals surface area contributed by atoms with Crippen molar-refractivity contribution in [3.05, 3.63) is 59.9 Å². The fraction of sp³-hybridized carbons (Fsp3) is 0.200. The van der Waals surface area contributed by atoms with E-state index in [-0.39, 0.29) is 11.9 Å². The van der Waals surface area contributed by atoms with E-state index >= 15 is 0 Å². The molecule has 0 radical (unpaired) electrons. The summed E-state index contributed by atoms with van der Waals surface area (Å²) in [6.07, 6.45) is 3.43. The number of aromatic nitrogens is 3. The Balaban J connectivity index is 2.17. The average Bonchev–Trinajstić information content (AvgIpc) is 2.85. The molecule has 2 aromatic heterocycles. The molecule has 0 aliphatic heterocycles. The van der Waals surface area contributed by atoms with Gasteiger partial charge < -0.3 is 4.57 Å². The first-order valence-electron chi connectivity index (χ1n) is 6.33. The molecule has 0 bridgehead atoms. The van der Waals surface area contributed by atoms with Crippen LogP contribution in [0.2, 0.25) is 0 Å². The Labute approximate surface area is 121 Å².